The summed E-state index contributed by atoms with van der Waals surface area (Å²) in [6, 6.07) is 14.6. The van der Waals surface area contributed by atoms with Crippen LogP contribution < -0.4 is 5.56 Å². The largest absolute Gasteiger partial charge is 0.476 e. The van der Waals surface area contributed by atoms with Gasteiger partial charge in [-0.25, -0.2) is 9.78 Å². The van der Waals surface area contributed by atoms with Crippen molar-refractivity contribution in [2.75, 3.05) is 0 Å². The van der Waals surface area contributed by atoms with Gasteiger partial charge in [0.15, 0.2) is 5.69 Å². The highest BCUT2D eigenvalue weighted by atomic mass is 16.4. The van der Waals surface area contributed by atoms with E-state index in [-0.39, 0.29) is 11.1 Å². The van der Waals surface area contributed by atoms with Crippen molar-refractivity contribution in [3.05, 3.63) is 64.6 Å². The maximum absolute atomic E-state index is 12.4. The Kier molecular flexibility index (Phi) is 2.50. The van der Waals surface area contributed by atoms with E-state index in [0.29, 0.717) is 16.4 Å². The van der Waals surface area contributed by atoms with Crippen LogP contribution >= 0.6 is 0 Å². The summed E-state index contributed by atoms with van der Waals surface area (Å²) in [5.74, 6) is -1.21. The Morgan fingerprint density at radius 1 is 0.955 bits per heavy atom. The zero-order chi connectivity index (χ0) is 15.3. The number of carbonyl (C=O) groups is 1. The van der Waals surface area contributed by atoms with Crippen LogP contribution in [0.25, 0.3) is 32.6 Å². The van der Waals surface area contributed by atoms with Gasteiger partial charge in [-0.3, -0.25) is 4.79 Å². The van der Waals surface area contributed by atoms with Gasteiger partial charge in [0.25, 0.3) is 5.56 Å². The highest BCUT2D eigenvalue weighted by molar-refractivity contribution is 6.21. The number of hydrogen-bond acceptors (Lipinski definition) is 3. The molecule has 0 bridgehead atoms. The summed E-state index contributed by atoms with van der Waals surface area (Å²) >= 11 is 0. The predicted molar refractivity (Wildman–Crippen MR) is 84.3 cm³/mol. The van der Waals surface area contributed by atoms with Crippen LogP contribution in [-0.2, 0) is 0 Å². The number of aromatic amines is 1. The van der Waals surface area contributed by atoms with Crippen LogP contribution in [0, 0.1) is 0 Å². The second kappa shape index (κ2) is 4.39. The fourth-order valence-corrected chi connectivity index (χ4v) is 2.86. The molecule has 106 valence electrons. The normalized spacial score (nSPS) is 11.3. The van der Waals surface area contributed by atoms with Gasteiger partial charge >= 0.3 is 5.97 Å². The third kappa shape index (κ3) is 1.62. The van der Waals surface area contributed by atoms with Crippen molar-refractivity contribution in [3.63, 3.8) is 0 Å². The summed E-state index contributed by atoms with van der Waals surface area (Å²) in [6.45, 7) is 0. The van der Waals surface area contributed by atoms with Gasteiger partial charge in [-0.1, -0.05) is 36.4 Å². The average molecular weight is 290 g/mol. The molecule has 0 saturated heterocycles. The van der Waals surface area contributed by atoms with Gasteiger partial charge in [-0.15, -0.1) is 0 Å². The van der Waals surface area contributed by atoms with E-state index < -0.39 is 11.5 Å². The molecule has 0 spiro atoms. The number of hydrogen-bond donors (Lipinski definition) is 2. The van der Waals surface area contributed by atoms with E-state index in [4.69, 9.17) is 0 Å². The van der Waals surface area contributed by atoms with E-state index >= 15 is 0 Å². The van der Waals surface area contributed by atoms with E-state index in [9.17, 15) is 14.7 Å². The van der Waals surface area contributed by atoms with Crippen LogP contribution in [0.3, 0.4) is 0 Å². The highest BCUT2D eigenvalue weighted by Crippen LogP contribution is 2.29. The topological polar surface area (TPSA) is 83.0 Å². The molecule has 0 aliphatic carbocycles. The van der Waals surface area contributed by atoms with Gasteiger partial charge in [-0.05, 0) is 12.1 Å². The SMILES string of the molecule is O=C(O)c1nc2ccccc2c2c1c(=O)[nH]c1ccccc12. The monoisotopic (exact) mass is 290 g/mol. The molecule has 0 fully saturated rings. The Balaban J connectivity index is 2.45. The first-order valence-electron chi connectivity index (χ1n) is 6.73. The minimum atomic E-state index is -1.21. The van der Waals surface area contributed by atoms with E-state index in [1.165, 1.54) is 0 Å². The van der Waals surface area contributed by atoms with Crippen molar-refractivity contribution in [1.82, 2.24) is 9.97 Å². The van der Waals surface area contributed by atoms with Crippen molar-refractivity contribution in [2.24, 2.45) is 0 Å². The first-order chi connectivity index (χ1) is 10.7. The lowest BCUT2D eigenvalue weighted by Gasteiger charge is -2.09. The number of pyridine rings is 2. The molecule has 0 aliphatic heterocycles. The Morgan fingerprint density at radius 2 is 1.64 bits per heavy atom. The minimum Gasteiger partial charge on any atom is -0.476 e. The van der Waals surface area contributed by atoms with Gasteiger partial charge in [0.2, 0.25) is 0 Å². The van der Waals surface area contributed by atoms with Gasteiger partial charge in [-0.2, -0.15) is 0 Å². The zero-order valence-electron chi connectivity index (χ0n) is 11.3. The van der Waals surface area contributed by atoms with Crippen LogP contribution in [-0.4, -0.2) is 21.0 Å². The van der Waals surface area contributed by atoms with Crippen molar-refractivity contribution in [3.8, 4) is 0 Å². The van der Waals surface area contributed by atoms with E-state index in [0.717, 1.165) is 10.8 Å². The van der Waals surface area contributed by atoms with Crippen molar-refractivity contribution in [1.29, 1.82) is 0 Å². The number of aromatic nitrogens is 2. The molecule has 0 saturated carbocycles. The summed E-state index contributed by atoms with van der Waals surface area (Å²) in [4.78, 5) is 30.8. The Hall–Kier alpha value is -3.21. The molecule has 4 rings (SSSR count). The Bertz CT molecular complexity index is 1110. The Labute approximate surface area is 123 Å². The van der Waals surface area contributed by atoms with Crippen LogP contribution in [0.2, 0.25) is 0 Å². The molecular formula is C17H10N2O3. The number of carboxylic acids is 1. The molecule has 2 aromatic heterocycles. The van der Waals surface area contributed by atoms with Crippen molar-refractivity contribution >= 4 is 38.5 Å². The molecule has 2 heterocycles. The fourth-order valence-electron chi connectivity index (χ4n) is 2.86. The first-order valence-corrected chi connectivity index (χ1v) is 6.73. The van der Waals surface area contributed by atoms with Crippen LogP contribution in [0.4, 0.5) is 0 Å². The lowest BCUT2D eigenvalue weighted by Crippen LogP contribution is -2.13. The number of para-hydroxylation sites is 2. The summed E-state index contributed by atoms with van der Waals surface area (Å²) in [5.41, 5.74) is 0.570. The van der Waals surface area contributed by atoms with Gasteiger partial charge < -0.3 is 10.1 Å². The van der Waals surface area contributed by atoms with Crippen LogP contribution in [0.5, 0.6) is 0 Å². The summed E-state index contributed by atoms with van der Waals surface area (Å²) in [5, 5.41) is 11.7. The number of nitrogens with one attached hydrogen (secondary N) is 1. The van der Waals surface area contributed by atoms with Gasteiger partial charge in [0, 0.05) is 21.7 Å². The van der Waals surface area contributed by atoms with E-state index in [1.807, 2.05) is 30.3 Å². The lowest BCUT2D eigenvalue weighted by molar-refractivity contribution is 0.0693. The van der Waals surface area contributed by atoms with Gasteiger partial charge in [0.1, 0.15) is 0 Å². The average Bonchev–Trinajstić information content (AvgIpc) is 2.53. The number of benzene rings is 2. The van der Waals surface area contributed by atoms with E-state index in [1.54, 1.807) is 18.2 Å². The summed E-state index contributed by atoms with van der Waals surface area (Å²) < 4.78 is 0. The highest BCUT2D eigenvalue weighted by Gasteiger charge is 2.18. The third-order valence-corrected chi connectivity index (χ3v) is 3.77. The molecule has 0 radical (unpaired) electrons. The maximum atomic E-state index is 12.4. The molecule has 4 aromatic rings. The molecule has 0 amide bonds. The summed E-state index contributed by atoms with van der Waals surface area (Å²) in [6.07, 6.45) is 0. The Morgan fingerprint density at radius 3 is 2.41 bits per heavy atom. The zero-order valence-corrected chi connectivity index (χ0v) is 11.3. The quantitative estimate of drug-likeness (QED) is 0.528. The van der Waals surface area contributed by atoms with Crippen molar-refractivity contribution in [2.45, 2.75) is 0 Å². The second-order valence-corrected chi connectivity index (χ2v) is 5.03. The molecule has 2 N–H and O–H groups in total. The number of rotatable bonds is 1. The molecule has 0 unspecified atom stereocenters. The fraction of sp³-hybridized carbons (Fsp3) is 0. The van der Waals surface area contributed by atoms with Crippen LogP contribution in [0.1, 0.15) is 10.5 Å². The molecule has 22 heavy (non-hydrogen) atoms. The predicted octanol–water partition coefficient (Wildman–Crippen LogP) is 2.93. The smallest absolute Gasteiger partial charge is 0.355 e. The number of H-pyrrole nitrogens is 1. The van der Waals surface area contributed by atoms with Crippen molar-refractivity contribution < 1.29 is 9.90 Å². The standard InChI is InChI=1S/C17H10N2O3/c20-16-14-13(10-6-2-4-8-12(10)19-16)9-5-1-3-7-11(9)18-15(14)17(21)22/h1-8H,(H,19,20)(H,21,22). The molecule has 5 heteroatoms. The third-order valence-electron chi connectivity index (χ3n) is 3.77. The first kappa shape index (κ1) is 12.5. The van der Waals surface area contributed by atoms with E-state index in [2.05, 4.69) is 9.97 Å². The molecular weight excluding hydrogens is 280 g/mol. The summed E-state index contributed by atoms with van der Waals surface area (Å²) in [7, 11) is 0. The number of aromatic carboxylic acids is 1. The van der Waals surface area contributed by atoms with Gasteiger partial charge in [0.05, 0.1) is 10.9 Å². The molecule has 0 atom stereocenters. The number of fused-ring (bicyclic) bond motifs is 5. The second-order valence-electron chi connectivity index (χ2n) is 5.03. The van der Waals surface area contributed by atoms with Crippen LogP contribution in [0.15, 0.2) is 53.3 Å². The number of nitrogens with zero attached hydrogens (tertiary/aromatic N) is 1. The molecule has 0 aliphatic rings. The molecule has 5 nitrogen and oxygen atoms in total. The number of carboxylic acid groups (broad SMARTS) is 1. The molecule has 2 aromatic carbocycles. The minimum absolute atomic E-state index is 0.116. The lowest BCUT2D eigenvalue weighted by atomic mass is 10.0. The maximum Gasteiger partial charge on any atom is 0.355 e.